The van der Waals surface area contributed by atoms with Gasteiger partial charge in [-0.25, -0.2) is 4.98 Å². The standard InChI is InChI=1S/C14H24N2S/c1-3-14-16-12(10-17-14)9-15-13-8-6-4-5-7-11(13)2/h10-11,13,15H,3-9H2,1-2H3. The Labute approximate surface area is 109 Å². The van der Waals surface area contributed by atoms with Gasteiger partial charge in [0, 0.05) is 18.0 Å². The minimum absolute atomic E-state index is 0.698. The zero-order valence-electron chi connectivity index (χ0n) is 11.0. The Bertz CT molecular complexity index is 335. The van der Waals surface area contributed by atoms with Crippen molar-refractivity contribution in [3.8, 4) is 0 Å². The van der Waals surface area contributed by atoms with Gasteiger partial charge in [0.15, 0.2) is 0 Å². The molecule has 2 rings (SSSR count). The maximum absolute atomic E-state index is 4.62. The lowest BCUT2D eigenvalue weighted by Crippen LogP contribution is -2.33. The van der Waals surface area contributed by atoms with Crippen molar-refractivity contribution < 1.29 is 0 Å². The van der Waals surface area contributed by atoms with Crippen LogP contribution in [0.4, 0.5) is 0 Å². The van der Waals surface area contributed by atoms with Crippen molar-refractivity contribution in [2.75, 3.05) is 0 Å². The Morgan fingerprint density at radius 3 is 2.94 bits per heavy atom. The molecule has 1 aliphatic rings. The molecule has 0 radical (unpaired) electrons. The average Bonchev–Trinajstić information content (AvgIpc) is 2.70. The van der Waals surface area contributed by atoms with Crippen molar-refractivity contribution in [3.05, 3.63) is 16.1 Å². The molecule has 0 bridgehead atoms. The Hall–Kier alpha value is -0.410. The molecule has 1 saturated carbocycles. The normalized spacial score (nSPS) is 25.8. The van der Waals surface area contributed by atoms with Crippen LogP contribution in [-0.2, 0) is 13.0 Å². The van der Waals surface area contributed by atoms with Crippen LogP contribution in [0.15, 0.2) is 5.38 Å². The van der Waals surface area contributed by atoms with Gasteiger partial charge in [0.25, 0.3) is 0 Å². The summed E-state index contributed by atoms with van der Waals surface area (Å²) in [5.74, 6) is 0.821. The van der Waals surface area contributed by atoms with E-state index in [0.29, 0.717) is 6.04 Å². The molecule has 1 aromatic heterocycles. The monoisotopic (exact) mass is 252 g/mol. The third-order valence-electron chi connectivity index (χ3n) is 3.81. The maximum atomic E-state index is 4.62. The molecule has 1 aromatic rings. The molecule has 0 saturated heterocycles. The molecule has 17 heavy (non-hydrogen) atoms. The van der Waals surface area contributed by atoms with E-state index in [1.54, 1.807) is 11.3 Å². The molecule has 0 spiro atoms. The summed E-state index contributed by atoms with van der Waals surface area (Å²) in [6, 6.07) is 0.698. The Kier molecular flexibility index (Phi) is 4.99. The highest BCUT2D eigenvalue weighted by atomic mass is 32.1. The number of hydrogen-bond acceptors (Lipinski definition) is 3. The summed E-state index contributed by atoms with van der Waals surface area (Å²) >= 11 is 1.79. The lowest BCUT2D eigenvalue weighted by molar-refractivity contribution is 0.355. The Balaban J connectivity index is 1.83. The van der Waals surface area contributed by atoms with E-state index in [4.69, 9.17) is 0 Å². The van der Waals surface area contributed by atoms with Crippen LogP contribution in [0.3, 0.4) is 0 Å². The van der Waals surface area contributed by atoms with E-state index in [1.165, 1.54) is 42.8 Å². The highest BCUT2D eigenvalue weighted by Crippen LogP contribution is 2.23. The van der Waals surface area contributed by atoms with Gasteiger partial charge >= 0.3 is 0 Å². The van der Waals surface area contributed by atoms with Crippen molar-refractivity contribution in [2.24, 2.45) is 5.92 Å². The van der Waals surface area contributed by atoms with E-state index < -0.39 is 0 Å². The van der Waals surface area contributed by atoms with Crippen LogP contribution < -0.4 is 5.32 Å². The number of hydrogen-bond donors (Lipinski definition) is 1. The van der Waals surface area contributed by atoms with E-state index in [-0.39, 0.29) is 0 Å². The fraction of sp³-hybridized carbons (Fsp3) is 0.786. The van der Waals surface area contributed by atoms with Gasteiger partial charge in [-0.05, 0) is 25.2 Å². The van der Waals surface area contributed by atoms with Crippen molar-refractivity contribution in [1.29, 1.82) is 0 Å². The van der Waals surface area contributed by atoms with Gasteiger partial charge in [-0.1, -0.05) is 33.1 Å². The largest absolute Gasteiger partial charge is 0.308 e. The van der Waals surface area contributed by atoms with Gasteiger partial charge in [0.2, 0.25) is 0 Å². The molecule has 1 fully saturated rings. The fourth-order valence-electron chi connectivity index (χ4n) is 2.62. The first kappa shape index (κ1) is 13.0. The lowest BCUT2D eigenvalue weighted by atomic mass is 9.97. The molecule has 2 unspecified atom stereocenters. The van der Waals surface area contributed by atoms with Crippen LogP contribution in [0.1, 0.15) is 56.7 Å². The van der Waals surface area contributed by atoms with Gasteiger partial charge in [-0.2, -0.15) is 0 Å². The first-order chi connectivity index (χ1) is 8.29. The smallest absolute Gasteiger partial charge is 0.0926 e. The second-order valence-corrected chi connectivity index (χ2v) is 6.13. The second-order valence-electron chi connectivity index (χ2n) is 5.19. The molecule has 0 amide bonds. The predicted octanol–water partition coefficient (Wildman–Crippen LogP) is 3.76. The van der Waals surface area contributed by atoms with Crippen LogP contribution in [0.25, 0.3) is 0 Å². The van der Waals surface area contributed by atoms with Gasteiger partial charge in [-0.3, -0.25) is 0 Å². The summed E-state index contributed by atoms with van der Waals surface area (Å²) in [5, 5.41) is 7.17. The van der Waals surface area contributed by atoms with Crippen molar-refractivity contribution >= 4 is 11.3 Å². The van der Waals surface area contributed by atoms with E-state index in [1.807, 2.05) is 0 Å². The molecule has 1 heterocycles. The van der Waals surface area contributed by atoms with Crippen LogP contribution >= 0.6 is 11.3 Å². The van der Waals surface area contributed by atoms with E-state index >= 15 is 0 Å². The van der Waals surface area contributed by atoms with Crippen LogP contribution in [-0.4, -0.2) is 11.0 Å². The van der Waals surface area contributed by atoms with E-state index in [2.05, 4.69) is 29.5 Å². The second kappa shape index (κ2) is 6.50. The molecule has 1 aliphatic carbocycles. The summed E-state index contributed by atoms with van der Waals surface area (Å²) in [6.45, 7) is 5.51. The molecule has 0 aliphatic heterocycles. The number of aryl methyl sites for hydroxylation is 1. The predicted molar refractivity (Wildman–Crippen MR) is 74.4 cm³/mol. The van der Waals surface area contributed by atoms with Crippen LogP contribution in [0, 0.1) is 5.92 Å². The maximum Gasteiger partial charge on any atom is 0.0926 e. The minimum Gasteiger partial charge on any atom is -0.308 e. The highest BCUT2D eigenvalue weighted by molar-refractivity contribution is 7.09. The van der Waals surface area contributed by atoms with Crippen LogP contribution in [0.5, 0.6) is 0 Å². The van der Waals surface area contributed by atoms with Gasteiger partial charge in [-0.15, -0.1) is 11.3 Å². The average molecular weight is 252 g/mol. The molecular formula is C14H24N2S. The molecule has 3 heteroatoms. The molecule has 96 valence electrons. The summed E-state index contributed by atoms with van der Waals surface area (Å²) in [6.07, 6.45) is 8.00. The van der Waals surface area contributed by atoms with E-state index in [0.717, 1.165) is 18.9 Å². The van der Waals surface area contributed by atoms with Gasteiger partial charge < -0.3 is 5.32 Å². The zero-order chi connectivity index (χ0) is 12.1. The van der Waals surface area contributed by atoms with Gasteiger partial charge in [0.05, 0.1) is 10.7 Å². The van der Waals surface area contributed by atoms with E-state index in [9.17, 15) is 0 Å². The summed E-state index contributed by atoms with van der Waals surface area (Å²) in [7, 11) is 0. The van der Waals surface area contributed by atoms with Crippen molar-refractivity contribution in [2.45, 2.75) is 65.0 Å². The minimum atomic E-state index is 0.698. The highest BCUT2D eigenvalue weighted by Gasteiger charge is 2.19. The molecule has 1 N–H and O–H groups in total. The first-order valence-electron chi connectivity index (χ1n) is 6.96. The van der Waals surface area contributed by atoms with Crippen molar-refractivity contribution in [1.82, 2.24) is 10.3 Å². The summed E-state index contributed by atoms with van der Waals surface area (Å²) in [4.78, 5) is 4.62. The fourth-order valence-corrected chi connectivity index (χ4v) is 3.37. The number of rotatable bonds is 4. The molecule has 2 nitrogen and oxygen atoms in total. The summed E-state index contributed by atoms with van der Waals surface area (Å²) in [5.41, 5.74) is 1.23. The topological polar surface area (TPSA) is 24.9 Å². The quantitative estimate of drug-likeness (QED) is 0.825. The van der Waals surface area contributed by atoms with Gasteiger partial charge in [0.1, 0.15) is 0 Å². The third kappa shape index (κ3) is 3.78. The van der Waals surface area contributed by atoms with Crippen molar-refractivity contribution in [3.63, 3.8) is 0 Å². The lowest BCUT2D eigenvalue weighted by Gasteiger charge is -2.22. The first-order valence-corrected chi connectivity index (χ1v) is 7.84. The third-order valence-corrected chi connectivity index (χ3v) is 4.85. The Morgan fingerprint density at radius 2 is 2.18 bits per heavy atom. The number of aromatic nitrogens is 1. The molecule has 0 aromatic carbocycles. The Morgan fingerprint density at radius 1 is 1.35 bits per heavy atom. The number of nitrogens with one attached hydrogen (secondary N) is 1. The summed E-state index contributed by atoms with van der Waals surface area (Å²) < 4.78 is 0. The number of nitrogens with zero attached hydrogens (tertiary/aromatic N) is 1. The zero-order valence-corrected chi connectivity index (χ0v) is 11.9. The van der Waals surface area contributed by atoms with Crippen LogP contribution in [0.2, 0.25) is 0 Å². The molecular weight excluding hydrogens is 228 g/mol. The molecule has 2 atom stereocenters. The number of thiazole rings is 1. The SMILES string of the molecule is CCc1nc(CNC2CCCCCC2C)cs1.